The summed E-state index contributed by atoms with van der Waals surface area (Å²) in [5.41, 5.74) is -2.12. The van der Waals surface area contributed by atoms with Gasteiger partial charge in [0.15, 0.2) is 0 Å². The zero-order chi connectivity index (χ0) is 19.8. The highest BCUT2D eigenvalue weighted by Gasteiger charge is 2.52. The first-order chi connectivity index (χ1) is 11.8. The van der Waals surface area contributed by atoms with Gasteiger partial charge in [0.2, 0.25) is 0 Å². The molecule has 0 unspecified atom stereocenters. The van der Waals surface area contributed by atoms with Crippen LogP contribution in [0.5, 0.6) is 0 Å². The minimum Gasteiger partial charge on any atom is -0.444 e. The smallest absolute Gasteiger partial charge is 0.412 e. The predicted octanol–water partition coefficient (Wildman–Crippen LogP) is 4.86. The van der Waals surface area contributed by atoms with E-state index in [4.69, 9.17) is 9.47 Å². The van der Waals surface area contributed by atoms with Crippen molar-refractivity contribution in [2.24, 2.45) is 5.92 Å². The molecule has 152 valence electrons. The quantitative estimate of drug-likeness (QED) is 0.769. The largest absolute Gasteiger partial charge is 0.444 e. The van der Waals surface area contributed by atoms with Crippen molar-refractivity contribution in [2.75, 3.05) is 0 Å². The van der Waals surface area contributed by atoms with Crippen molar-refractivity contribution in [1.82, 2.24) is 4.90 Å². The van der Waals surface area contributed by atoms with Crippen LogP contribution in [0, 0.1) is 5.92 Å². The Morgan fingerprint density at radius 3 is 2.23 bits per heavy atom. The van der Waals surface area contributed by atoms with Gasteiger partial charge >= 0.3 is 6.09 Å². The van der Waals surface area contributed by atoms with Crippen LogP contribution in [0.1, 0.15) is 93.4 Å². The highest BCUT2D eigenvalue weighted by atomic mass is 16.6. The molecular weight excluding hydrogens is 330 g/mol. The summed E-state index contributed by atoms with van der Waals surface area (Å²) in [6, 6.07) is -0.0608. The molecule has 1 heterocycles. The Morgan fingerprint density at radius 2 is 1.73 bits per heavy atom. The van der Waals surface area contributed by atoms with Gasteiger partial charge in [-0.3, -0.25) is 4.90 Å². The molecule has 1 aliphatic heterocycles. The summed E-state index contributed by atoms with van der Waals surface area (Å²) in [6.07, 6.45) is 7.21. The van der Waals surface area contributed by atoms with E-state index in [1.807, 2.05) is 34.6 Å². The third-order valence-corrected chi connectivity index (χ3v) is 5.37. The molecule has 1 N–H and O–H groups in total. The molecule has 5 nitrogen and oxygen atoms in total. The average Bonchev–Trinajstić information content (AvgIpc) is 2.66. The van der Waals surface area contributed by atoms with E-state index in [1.54, 1.807) is 18.7 Å². The van der Waals surface area contributed by atoms with Gasteiger partial charge in [-0.15, -0.1) is 0 Å². The number of hydrogen-bond donors (Lipinski definition) is 1. The maximum absolute atomic E-state index is 13.0. The van der Waals surface area contributed by atoms with Crippen LogP contribution >= 0.6 is 0 Å². The van der Waals surface area contributed by atoms with Crippen LogP contribution in [0.3, 0.4) is 0 Å². The van der Waals surface area contributed by atoms with Crippen molar-refractivity contribution in [1.29, 1.82) is 0 Å². The first-order valence-electron chi connectivity index (χ1n) is 10.2. The topological polar surface area (TPSA) is 59.0 Å². The van der Waals surface area contributed by atoms with Gasteiger partial charge < -0.3 is 14.6 Å². The number of amides is 1. The molecular formula is C21H39NO4. The van der Waals surface area contributed by atoms with Crippen molar-refractivity contribution < 1.29 is 19.4 Å². The fraction of sp³-hybridized carbons (Fsp3) is 0.952. The summed E-state index contributed by atoms with van der Waals surface area (Å²) >= 11 is 0. The van der Waals surface area contributed by atoms with E-state index in [0.717, 1.165) is 6.42 Å². The third kappa shape index (κ3) is 5.85. The second-order valence-electron chi connectivity index (χ2n) is 10.3. The standard InChI is InChI=1S/C21H39NO4/c1-19(2,3)26-18(23)22-16(13-15-11-9-8-10-12-15)17(14-20(4,5)24)25-21(22,6)7/h15-17,24H,8-14H2,1-7H3/t16-,17-/m0/s1. The Kier molecular flexibility index (Phi) is 6.34. The predicted molar refractivity (Wildman–Crippen MR) is 103 cm³/mol. The molecule has 2 fully saturated rings. The minimum absolute atomic E-state index is 0.0608. The Balaban J connectivity index is 2.25. The molecule has 0 bridgehead atoms. The van der Waals surface area contributed by atoms with Crippen LogP contribution in [0.4, 0.5) is 4.79 Å². The SMILES string of the molecule is CC(C)(O)C[C@@H]1OC(C)(C)N(C(=O)OC(C)(C)C)[C@H]1CC1CCCCC1. The van der Waals surface area contributed by atoms with Gasteiger partial charge in [-0.1, -0.05) is 32.1 Å². The first kappa shape index (κ1) is 21.5. The number of hydrogen-bond acceptors (Lipinski definition) is 4. The van der Waals surface area contributed by atoms with Crippen LogP contribution in [-0.2, 0) is 9.47 Å². The van der Waals surface area contributed by atoms with E-state index in [0.29, 0.717) is 12.3 Å². The Morgan fingerprint density at radius 1 is 1.15 bits per heavy atom. The van der Waals surface area contributed by atoms with Crippen molar-refractivity contribution in [3.63, 3.8) is 0 Å². The molecule has 1 saturated carbocycles. The fourth-order valence-corrected chi connectivity index (χ4v) is 4.43. The third-order valence-electron chi connectivity index (χ3n) is 5.37. The molecule has 1 amide bonds. The van der Waals surface area contributed by atoms with Crippen molar-refractivity contribution in [3.8, 4) is 0 Å². The van der Waals surface area contributed by atoms with E-state index in [2.05, 4.69) is 0 Å². The Bertz CT molecular complexity index is 483. The van der Waals surface area contributed by atoms with E-state index in [-0.39, 0.29) is 18.2 Å². The number of carbonyl (C=O) groups is 1. The molecule has 0 radical (unpaired) electrons. The summed E-state index contributed by atoms with van der Waals surface area (Å²) in [7, 11) is 0. The molecule has 2 rings (SSSR count). The number of nitrogens with zero attached hydrogens (tertiary/aromatic N) is 1. The lowest BCUT2D eigenvalue weighted by Gasteiger charge is -2.37. The number of carbonyl (C=O) groups excluding carboxylic acids is 1. The molecule has 2 aliphatic rings. The molecule has 0 aromatic carbocycles. The lowest BCUT2D eigenvalue weighted by atomic mass is 9.82. The Hall–Kier alpha value is -0.810. The monoisotopic (exact) mass is 369 g/mol. The molecule has 0 aromatic rings. The van der Waals surface area contributed by atoms with Crippen LogP contribution in [0.2, 0.25) is 0 Å². The van der Waals surface area contributed by atoms with Crippen LogP contribution in [0.25, 0.3) is 0 Å². The summed E-state index contributed by atoms with van der Waals surface area (Å²) in [4.78, 5) is 14.8. The van der Waals surface area contributed by atoms with Gasteiger partial charge in [0.1, 0.15) is 11.3 Å². The van der Waals surface area contributed by atoms with Gasteiger partial charge in [-0.05, 0) is 60.8 Å². The van der Waals surface area contributed by atoms with Crippen molar-refractivity contribution in [2.45, 2.75) is 122 Å². The van der Waals surface area contributed by atoms with Gasteiger partial charge in [0, 0.05) is 6.42 Å². The maximum Gasteiger partial charge on any atom is 0.412 e. The van der Waals surface area contributed by atoms with E-state index in [1.165, 1.54) is 32.1 Å². The molecule has 0 spiro atoms. The van der Waals surface area contributed by atoms with Crippen molar-refractivity contribution >= 4 is 6.09 Å². The average molecular weight is 370 g/mol. The van der Waals surface area contributed by atoms with Crippen molar-refractivity contribution in [3.05, 3.63) is 0 Å². The summed E-state index contributed by atoms with van der Waals surface area (Å²) < 4.78 is 12.0. The van der Waals surface area contributed by atoms with Crippen LogP contribution in [0.15, 0.2) is 0 Å². The molecule has 26 heavy (non-hydrogen) atoms. The number of ether oxygens (including phenoxy) is 2. The van der Waals surface area contributed by atoms with Gasteiger partial charge in [0.05, 0.1) is 17.7 Å². The second kappa shape index (κ2) is 7.67. The lowest BCUT2D eigenvalue weighted by Crippen LogP contribution is -2.51. The molecule has 0 aromatic heterocycles. The van der Waals surface area contributed by atoms with Gasteiger partial charge in [-0.2, -0.15) is 0 Å². The highest BCUT2D eigenvalue weighted by Crippen LogP contribution is 2.41. The summed E-state index contributed by atoms with van der Waals surface area (Å²) in [5.74, 6) is 0.612. The molecule has 2 atom stereocenters. The minimum atomic E-state index is -0.838. The lowest BCUT2D eigenvalue weighted by molar-refractivity contribution is -0.0911. The van der Waals surface area contributed by atoms with Crippen LogP contribution < -0.4 is 0 Å². The Labute approximate surface area is 159 Å². The molecule has 1 aliphatic carbocycles. The number of aliphatic hydroxyl groups is 1. The van der Waals surface area contributed by atoms with Crippen LogP contribution in [-0.4, -0.2) is 45.2 Å². The first-order valence-corrected chi connectivity index (χ1v) is 10.2. The van der Waals surface area contributed by atoms with E-state index >= 15 is 0 Å². The van der Waals surface area contributed by atoms with Gasteiger partial charge in [0.25, 0.3) is 0 Å². The maximum atomic E-state index is 13.0. The highest BCUT2D eigenvalue weighted by molar-refractivity contribution is 5.70. The second-order valence-corrected chi connectivity index (χ2v) is 10.3. The molecule has 5 heteroatoms. The number of rotatable bonds is 4. The summed E-state index contributed by atoms with van der Waals surface area (Å²) in [6.45, 7) is 13.1. The summed E-state index contributed by atoms with van der Waals surface area (Å²) in [5, 5.41) is 10.4. The normalized spacial score (nSPS) is 27.6. The van der Waals surface area contributed by atoms with Gasteiger partial charge in [-0.25, -0.2) is 4.79 Å². The van der Waals surface area contributed by atoms with E-state index in [9.17, 15) is 9.90 Å². The molecule has 1 saturated heterocycles. The zero-order valence-corrected chi connectivity index (χ0v) is 17.8. The fourth-order valence-electron chi connectivity index (χ4n) is 4.43. The van der Waals surface area contributed by atoms with E-state index < -0.39 is 16.9 Å². The zero-order valence-electron chi connectivity index (χ0n) is 17.8.